The zero-order chi connectivity index (χ0) is 18.1. The molecular weight excluding hydrogens is 358 g/mol. The summed E-state index contributed by atoms with van der Waals surface area (Å²) in [7, 11) is 0. The highest BCUT2D eigenvalue weighted by molar-refractivity contribution is 5.97. The van der Waals surface area contributed by atoms with Gasteiger partial charge in [0.2, 0.25) is 0 Å². The number of aryl methyl sites for hydroxylation is 2. The number of piperidine rings is 1. The van der Waals surface area contributed by atoms with Crippen LogP contribution >= 0.6 is 12.4 Å². The lowest BCUT2D eigenvalue weighted by molar-refractivity contribution is 0.0724. The molecule has 2 aromatic carbocycles. The van der Waals surface area contributed by atoms with Crippen molar-refractivity contribution in [3.63, 3.8) is 0 Å². The molecule has 1 aromatic heterocycles. The molecule has 0 unspecified atom stereocenters. The molecule has 1 aliphatic rings. The first kappa shape index (κ1) is 19.4. The van der Waals surface area contributed by atoms with Crippen LogP contribution in [0.3, 0.4) is 0 Å². The van der Waals surface area contributed by atoms with Crippen molar-refractivity contribution in [1.82, 2.24) is 14.5 Å². The van der Waals surface area contributed by atoms with Gasteiger partial charge in [0.1, 0.15) is 5.82 Å². The van der Waals surface area contributed by atoms with Gasteiger partial charge in [0.05, 0.1) is 11.0 Å². The highest BCUT2D eigenvalue weighted by atomic mass is 35.5. The molecule has 0 bridgehead atoms. The fraction of sp³-hybridized carbons (Fsp3) is 0.364. The quantitative estimate of drug-likeness (QED) is 0.654. The standard InChI is InChI=1S/C22H25N3O.ClH/c1-16-7-6-8-18(13-16)15-25-17(2)23-20-14-19(9-10-21(20)25)22(26)24-11-4-3-5-12-24;/h6-10,13-14H,3-5,11-12,15H2,1-2H3;1H. The Kier molecular flexibility index (Phi) is 5.85. The number of benzene rings is 2. The van der Waals surface area contributed by atoms with Crippen LogP contribution in [0.4, 0.5) is 0 Å². The summed E-state index contributed by atoms with van der Waals surface area (Å²) < 4.78 is 2.22. The molecule has 4 nitrogen and oxygen atoms in total. The van der Waals surface area contributed by atoms with E-state index in [-0.39, 0.29) is 18.3 Å². The van der Waals surface area contributed by atoms with Gasteiger partial charge in [0, 0.05) is 25.2 Å². The molecule has 0 atom stereocenters. The molecule has 1 amide bonds. The molecule has 0 saturated carbocycles. The Balaban J connectivity index is 0.00000210. The van der Waals surface area contributed by atoms with E-state index < -0.39 is 0 Å². The van der Waals surface area contributed by atoms with Gasteiger partial charge in [-0.3, -0.25) is 4.79 Å². The molecule has 0 radical (unpaired) electrons. The van der Waals surface area contributed by atoms with Crippen molar-refractivity contribution in [1.29, 1.82) is 0 Å². The number of carbonyl (C=O) groups is 1. The fourth-order valence-electron chi connectivity index (χ4n) is 3.86. The summed E-state index contributed by atoms with van der Waals surface area (Å²) in [5.74, 6) is 1.11. The fourth-order valence-corrected chi connectivity index (χ4v) is 3.86. The number of hydrogen-bond donors (Lipinski definition) is 0. The number of amides is 1. The summed E-state index contributed by atoms with van der Waals surface area (Å²) in [6.07, 6.45) is 3.45. The molecule has 5 heteroatoms. The summed E-state index contributed by atoms with van der Waals surface area (Å²) in [4.78, 5) is 19.4. The monoisotopic (exact) mass is 383 g/mol. The van der Waals surface area contributed by atoms with E-state index in [4.69, 9.17) is 4.98 Å². The van der Waals surface area contributed by atoms with Crippen molar-refractivity contribution in [2.24, 2.45) is 0 Å². The number of nitrogens with zero attached hydrogens (tertiary/aromatic N) is 3. The lowest BCUT2D eigenvalue weighted by Crippen LogP contribution is -2.35. The number of halogens is 1. The second-order valence-corrected chi connectivity index (χ2v) is 7.29. The average molecular weight is 384 g/mol. The molecule has 4 rings (SSSR count). The van der Waals surface area contributed by atoms with E-state index in [1.54, 1.807) is 0 Å². The van der Waals surface area contributed by atoms with Gasteiger partial charge in [-0.05, 0) is 56.9 Å². The van der Waals surface area contributed by atoms with Gasteiger partial charge >= 0.3 is 0 Å². The van der Waals surface area contributed by atoms with Crippen LogP contribution < -0.4 is 0 Å². The van der Waals surface area contributed by atoms with Crippen LogP contribution in [-0.2, 0) is 6.54 Å². The third-order valence-corrected chi connectivity index (χ3v) is 5.25. The minimum absolute atomic E-state index is 0. The second kappa shape index (κ2) is 8.13. The molecule has 27 heavy (non-hydrogen) atoms. The van der Waals surface area contributed by atoms with Gasteiger partial charge in [-0.15, -0.1) is 12.4 Å². The maximum absolute atomic E-state index is 12.8. The molecule has 0 spiro atoms. The number of aromatic nitrogens is 2. The molecule has 1 fully saturated rings. The molecular formula is C22H26ClN3O. The van der Waals surface area contributed by atoms with Gasteiger partial charge in [0.15, 0.2) is 0 Å². The smallest absolute Gasteiger partial charge is 0.253 e. The SMILES string of the molecule is Cc1cccc(Cn2c(C)nc3cc(C(=O)N4CCCCC4)ccc32)c1.Cl. The summed E-state index contributed by atoms with van der Waals surface area (Å²) in [5, 5.41) is 0. The van der Waals surface area contributed by atoms with E-state index in [0.29, 0.717) is 0 Å². The number of likely N-dealkylation sites (tertiary alicyclic amines) is 1. The first-order valence-corrected chi connectivity index (χ1v) is 9.43. The largest absolute Gasteiger partial charge is 0.339 e. The van der Waals surface area contributed by atoms with Crippen molar-refractivity contribution in [3.8, 4) is 0 Å². The first-order valence-electron chi connectivity index (χ1n) is 9.43. The van der Waals surface area contributed by atoms with Crippen molar-refractivity contribution in [3.05, 3.63) is 65.0 Å². The minimum atomic E-state index is 0. The number of rotatable bonds is 3. The van der Waals surface area contributed by atoms with E-state index in [9.17, 15) is 4.79 Å². The molecule has 2 heterocycles. The zero-order valence-corrected chi connectivity index (χ0v) is 16.8. The van der Waals surface area contributed by atoms with Crippen LogP contribution in [0.5, 0.6) is 0 Å². The molecule has 3 aromatic rings. The number of imidazole rings is 1. The molecule has 0 N–H and O–H groups in total. The Morgan fingerprint density at radius 3 is 2.56 bits per heavy atom. The van der Waals surface area contributed by atoms with Gasteiger partial charge in [-0.2, -0.15) is 0 Å². The summed E-state index contributed by atoms with van der Waals surface area (Å²) >= 11 is 0. The van der Waals surface area contributed by atoms with Crippen LogP contribution in [-0.4, -0.2) is 33.4 Å². The Hall–Kier alpha value is -2.33. The molecule has 1 saturated heterocycles. The van der Waals surface area contributed by atoms with Gasteiger partial charge in [0.25, 0.3) is 5.91 Å². The van der Waals surface area contributed by atoms with Crippen LogP contribution in [0.1, 0.15) is 46.6 Å². The Morgan fingerprint density at radius 1 is 1.04 bits per heavy atom. The Bertz CT molecular complexity index is 957. The average Bonchev–Trinajstić information content (AvgIpc) is 2.96. The minimum Gasteiger partial charge on any atom is -0.339 e. The lowest BCUT2D eigenvalue weighted by atomic mass is 10.1. The van der Waals surface area contributed by atoms with Crippen molar-refractivity contribution >= 4 is 29.3 Å². The van der Waals surface area contributed by atoms with Crippen LogP contribution in [0.15, 0.2) is 42.5 Å². The number of fused-ring (bicyclic) bond motifs is 1. The third kappa shape index (κ3) is 4.01. The third-order valence-electron chi connectivity index (χ3n) is 5.25. The van der Waals surface area contributed by atoms with Crippen molar-refractivity contribution < 1.29 is 4.79 Å². The normalized spacial score (nSPS) is 14.2. The predicted molar refractivity (Wildman–Crippen MR) is 112 cm³/mol. The van der Waals surface area contributed by atoms with Gasteiger partial charge in [-0.1, -0.05) is 29.8 Å². The predicted octanol–water partition coefficient (Wildman–Crippen LogP) is 4.75. The van der Waals surface area contributed by atoms with Crippen LogP contribution in [0.2, 0.25) is 0 Å². The Labute approximate surface area is 166 Å². The summed E-state index contributed by atoms with van der Waals surface area (Å²) in [5.41, 5.74) is 5.26. The molecule has 0 aliphatic carbocycles. The van der Waals surface area contributed by atoms with Crippen molar-refractivity contribution in [2.75, 3.05) is 13.1 Å². The van der Waals surface area contributed by atoms with Crippen molar-refractivity contribution in [2.45, 2.75) is 39.7 Å². The highest BCUT2D eigenvalue weighted by Gasteiger charge is 2.19. The highest BCUT2D eigenvalue weighted by Crippen LogP contribution is 2.21. The van der Waals surface area contributed by atoms with E-state index in [1.807, 2.05) is 30.0 Å². The topological polar surface area (TPSA) is 38.1 Å². The number of hydrogen-bond acceptors (Lipinski definition) is 2. The maximum Gasteiger partial charge on any atom is 0.253 e. The summed E-state index contributed by atoms with van der Waals surface area (Å²) in [6.45, 7) is 6.68. The van der Waals surface area contributed by atoms with E-state index in [1.165, 1.54) is 17.5 Å². The Morgan fingerprint density at radius 2 is 1.81 bits per heavy atom. The first-order chi connectivity index (χ1) is 12.6. The molecule has 142 valence electrons. The van der Waals surface area contributed by atoms with Gasteiger partial charge < -0.3 is 9.47 Å². The second-order valence-electron chi connectivity index (χ2n) is 7.29. The van der Waals surface area contributed by atoms with E-state index in [2.05, 4.69) is 35.8 Å². The molecule has 1 aliphatic heterocycles. The van der Waals surface area contributed by atoms with Crippen LogP contribution in [0.25, 0.3) is 11.0 Å². The van der Waals surface area contributed by atoms with E-state index in [0.717, 1.165) is 54.9 Å². The number of carbonyl (C=O) groups excluding carboxylic acids is 1. The lowest BCUT2D eigenvalue weighted by Gasteiger charge is -2.26. The van der Waals surface area contributed by atoms with Gasteiger partial charge in [-0.25, -0.2) is 4.98 Å². The zero-order valence-electron chi connectivity index (χ0n) is 15.9. The van der Waals surface area contributed by atoms with Crippen LogP contribution in [0, 0.1) is 13.8 Å². The van der Waals surface area contributed by atoms with E-state index >= 15 is 0 Å². The maximum atomic E-state index is 12.8. The summed E-state index contributed by atoms with van der Waals surface area (Å²) in [6, 6.07) is 14.5.